The van der Waals surface area contributed by atoms with Crippen molar-refractivity contribution in [3.63, 3.8) is 0 Å². The topological polar surface area (TPSA) is 103 Å². The second-order valence-electron chi connectivity index (χ2n) is 7.16. The van der Waals surface area contributed by atoms with E-state index in [2.05, 4.69) is 20.8 Å². The summed E-state index contributed by atoms with van der Waals surface area (Å²) < 4.78 is 12.6. The molecule has 0 saturated carbocycles. The summed E-state index contributed by atoms with van der Waals surface area (Å²) in [7, 11) is 1.65. The number of unbranched alkanes of at least 4 members (excludes halogenated alkanes) is 1. The summed E-state index contributed by atoms with van der Waals surface area (Å²) in [6, 6.07) is 4.02. The van der Waals surface area contributed by atoms with Crippen LogP contribution in [0.25, 0.3) is 16.7 Å². The van der Waals surface area contributed by atoms with Crippen molar-refractivity contribution in [2.75, 3.05) is 25.5 Å². The summed E-state index contributed by atoms with van der Waals surface area (Å²) in [4.78, 5) is 16.3. The van der Waals surface area contributed by atoms with Crippen LogP contribution in [0, 0.1) is 13.8 Å². The van der Waals surface area contributed by atoms with Gasteiger partial charge in [0.1, 0.15) is 17.1 Å². The maximum Gasteiger partial charge on any atom is 0.407 e. The lowest BCUT2D eigenvalue weighted by Gasteiger charge is -2.13. The normalized spacial score (nSPS) is 11.2. The Hall–Kier alpha value is -3.10. The third-order valence-electron chi connectivity index (χ3n) is 4.52. The number of anilines is 1. The molecule has 0 aliphatic rings. The van der Waals surface area contributed by atoms with E-state index < -0.39 is 0 Å². The Morgan fingerprint density at radius 1 is 1.17 bits per heavy atom. The van der Waals surface area contributed by atoms with E-state index in [4.69, 9.17) is 14.5 Å². The van der Waals surface area contributed by atoms with Crippen LogP contribution in [-0.2, 0) is 4.74 Å². The fourth-order valence-corrected chi connectivity index (χ4v) is 3.20. The zero-order valence-electron chi connectivity index (χ0n) is 17.6. The van der Waals surface area contributed by atoms with Gasteiger partial charge in [0.25, 0.3) is 0 Å². The standard InChI is InChI=1S/C20H28N6O3/c1-12(2)29-20(27)22-11-7-6-10-21-18-19-25-24-14(4)26(19)15-9-8-13(3)17(28-5)16(15)23-18/h8-9,12H,6-7,10-11H2,1-5H3,(H,21,23)(H,22,27). The van der Waals surface area contributed by atoms with Crippen molar-refractivity contribution in [2.24, 2.45) is 0 Å². The summed E-state index contributed by atoms with van der Waals surface area (Å²) >= 11 is 0. The van der Waals surface area contributed by atoms with E-state index in [1.54, 1.807) is 7.11 Å². The van der Waals surface area contributed by atoms with Crippen LogP contribution in [0.1, 0.15) is 38.1 Å². The summed E-state index contributed by atoms with van der Waals surface area (Å²) in [6.45, 7) is 8.80. The number of hydrogen-bond acceptors (Lipinski definition) is 7. The first kappa shape index (κ1) is 20.6. The zero-order chi connectivity index (χ0) is 21.0. The maximum atomic E-state index is 11.5. The first-order valence-corrected chi connectivity index (χ1v) is 9.79. The van der Waals surface area contributed by atoms with Crippen molar-refractivity contribution in [2.45, 2.75) is 46.6 Å². The highest BCUT2D eigenvalue weighted by Crippen LogP contribution is 2.31. The molecule has 0 aliphatic heterocycles. The second-order valence-corrected chi connectivity index (χ2v) is 7.16. The Labute approximate surface area is 169 Å². The van der Waals surface area contributed by atoms with Gasteiger partial charge in [0, 0.05) is 13.1 Å². The number of hydrogen-bond donors (Lipinski definition) is 2. The average Bonchev–Trinajstić information content (AvgIpc) is 3.06. The van der Waals surface area contributed by atoms with Gasteiger partial charge in [-0.3, -0.25) is 4.40 Å². The zero-order valence-corrected chi connectivity index (χ0v) is 17.6. The summed E-state index contributed by atoms with van der Waals surface area (Å²) in [6.07, 6.45) is 1.17. The van der Waals surface area contributed by atoms with Gasteiger partial charge < -0.3 is 20.1 Å². The SMILES string of the molecule is COc1c(C)ccc2c1nc(NCCCCNC(=O)OC(C)C)c1nnc(C)n12. The molecular formula is C20H28N6O3. The Bertz CT molecular complexity index is 1010. The van der Waals surface area contributed by atoms with E-state index >= 15 is 0 Å². The Kier molecular flexibility index (Phi) is 6.36. The summed E-state index contributed by atoms with van der Waals surface area (Å²) in [5.41, 5.74) is 3.37. The van der Waals surface area contributed by atoms with Gasteiger partial charge in [-0.2, -0.15) is 0 Å². The lowest BCUT2D eigenvalue weighted by molar-refractivity contribution is 0.115. The quantitative estimate of drug-likeness (QED) is 0.560. The van der Waals surface area contributed by atoms with E-state index in [-0.39, 0.29) is 12.2 Å². The van der Waals surface area contributed by atoms with Crippen LogP contribution in [-0.4, -0.2) is 52.0 Å². The number of aromatic nitrogens is 4. The number of amides is 1. The highest BCUT2D eigenvalue weighted by molar-refractivity contribution is 5.88. The maximum absolute atomic E-state index is 11.5. The number of carbonyl (C=O) groups excluding carboxylic acids is 1. The third-order valence-corrected chi connectivity index (χ3v) is 4.52. The third kappa shape index (κ3) is 4.49. The molecule has 1 aromatic carbocycles. The predicted molar refractivity (Wildman–Crippen MR) is 112 cm³/mol. The molecule has 156 valence electrons. The first-order chi connectivity index (χ1) is 13.9. The first-order valence-electron chi connectivity index (χ1n) is 9.79. The molecule has 0 unspecified atom stereocenters. The lowest BCUT2D eigenvalue weighted by atomic mass is 10.2. The van der Waals surface area contributed by atoms with Gasteiger partial charge in [-0.15, -0.1) is 10.2 Å². The number of benzene rings is 1. The molecule has 2 heterocycles. The van der Waals surface area contributed by atoms with Gasteiger partial charge in [-0.05, 0) is 52.2 Å². The van der Waals surface area contributed by atoms with Gasteiger partial charge in [0.15, 0.2) is 5.82 Å². The van der Waals surface area contributed by atoms with Gasteiger partial charge >= 0.3 is 6.09 Å². The van der Waals surface area contributed by atoms with E-state index in [1.807, 2.05) is 44.2 Å². The molecule has 29 heavy (non-hydrogen) atoms. The van der Waals surface area contributed by atoms with E-state index in [1.165, 1.54) is 0 Å². The molecule has 0 fully saturated rings. The number of methoxy groups -OCH3 is 1. The molecule has 3 aromatic rings. The number of rotatable bonds is 8. The minimum atomic E-state index is -0.382. The number of carbonyl (C=O) groups is 1. The van der Waals surface area contributed by atoms with Crippen molar-refractivity contribution in [3.8, 4) is 5.75 Å². The van der Waals surface area contributed by atoms with Gasteiger partial charge in [0.05, 0.1) is 18.7 Å². The number of fused-ring (bicyclic) bond motifs is 3. The molecule has 0 spiro atoms. The van der Waals surface area contributed by atoms with Crippen LogP contribution in [0.4, 0.5) is 10.6 Å². The highest BCUT2D eigenvalue weighted by Gasteiger charge is 2.16. The van der Waals surface area contributed by atoms with Crippen LogP contribution >= 0.6 is 0 Å². The molecule has 0 saturated heterocycles. The van der Waals surface area contributed by atoms with E-state index in [0.29, 0.717) is 24.6 Å². The van der Waals surface area contributed by atoms with Gasteiger partial charge in [-0.1, -0.05) is 6.07 Å². The Balaban J connectivity index is 1.71. The molecule has 9 heteroatoms. The molecular weight excluding hydrogens is 372 g/mol. The largest absolute Gasteiger partial charge is 0.494 e. The van der Waals surface area contributed by atoms with Crippen LogP contribution in [0.5, 0.6) is 5.75 Å². The average molecular weight is 400 g/mol. The highest BCUT2D eigenvalue weighted by atomic mass is 16.6. The molecule has 0 bridgehead atoms. The summed E-state index contributed by atoms with van der Waals surface area (Å²) in [5, 5.41) is 14.6. The monoisotopic (exact) mass is 400 g/mol. The van der Waals surface area contributed by atoms with Crippen molar-refractivity contribution in [1.82, 2.24) is 24.9 Å². The van der Waals surface area contributed by atoms with Crippen molar-refractivity contribution < 1.29 is 14.3 Å². The van der Waals surface area contributed by atoms with Crippen LogP contribution < -0.4 is 15.4 Å². The second kappa shape index (κ2) is 8.93. The fraction of sp³-hybridized carbons (Fsp3) is 0.500. The van der Waals surface area contributed by atoms with Gasteiger partial charge in [0.2, 0.25) is 5.65 Å². The molecule has 0 radical (unpaired) electrons. The molecule has 1 amide bonds. The number of alkyl carbamates (subject to hydrolysis) is 1. The van der Waals surface area contributed by atoms with E-state index in [9.17, 15) is 4.79 Å². The summed E-state index contributed by atoms with van der Waals surface area (Å²) in [5.74, 6) is 2.19. The molecule has 2 aromatic heterocycles. The number of aryl methyl sites for hydroxylation is 2. The fourth-order valence-electron chi connectivity index (χ4n) is 3.20. The van der Waals surface area contributed by atoms with Crippen molar-refractivity contribution in [1.29, 1.82) is 0 Å². The molecule has 0 aliphatic carbocycles. The minimum Gasteiger partial charge on any atom is -0.494 e. The predicted octanol–water partition coefficient (Wildman–Crippen LogP) is 3.23. The van der Waals surface area contributed by atoms with E-state index in [0.717, 1.165) is 41.0 Å². The lowest BCUT2D eigenvalue weighted by Crippen LogP contribution is -2.27. The number of nitrogens with zero attached hydrogens (tertiary/aromatic N) is 4. The van der Waals surface area contributed by atoms with Crippen LogP contribution in [0.15, 0.2) is 12.1 Å². The van der Waals surface area contributed by atoms with Gasteiger partial charge in [-0.25, -0.2) is 9.78 Å². The molecule has 9 nitrogen and oxygen atoms in total. The van der Waals surface area contributed by atoms with Crippen LogP contribution in [0.3, 0.4) is 0 Å². The number of ether oxygens (including phenoxy) is 2. The minimum absolute atomic E-state index is 0.120. The Morgan fingerprint density at radius 3 is 2.66 bits per heavy atom. The smallest absolute Gasteiger partial charge is 0.407 e. The molecule has 2 N–H and O–H groups in total. The Morgan fingerprint density at radius 2 is 1.93 bits per heavy atom. The molecule has 3 rings (SSSR count). The van der Waals surface area contributed by atoms with Crippen LogP contribution in [0.2, 0.25) is 0 Å². The molecule has 0 atom stereocenters. The van der Waals surface area contributed by atoms with Crippen molar-refractivity contribution >= 4 is 28.6 Å². The number of nitrogens with one attached hydrogen (secondary N) is 2. The van der Waals surface area contributed by atoms with Crippen molar-refractivity contribution in [3.05, 3.63) is 23.5 Å².